The van der Waals surface area contributed by atoms with Crippen LogP contribution in [0.3, 0.4) is 0 Å². The molecule has 9 nitrogen and oxygen atoms in total. The molecule has 0 bridgehead atoms. The number of carbonyl (C=O) groups is 3. The van der Waals surface area contributed by atoms with E-state index in [1.165, 1.54) is 7.11 Å². The minimum atomic E-state index is -0.385. The summed E-state index contributed by atoms with van der Waals surface area (Å²) in [5.74, 6) is 0.104. The molecule has 35 heavy (non-hydrogen) atoms. The van der Waals surface area contributed by atoms with E-state index in [2.05, 4.69) is 20.6 Å². The van der Waals surface area contributed by atoms with Crippen molar-refractivity contribution in [1.82, 2.24) is 15.3 Å². The van der Waals surface area contributed by atoms with E-state index in [4.69, 9.17) is 4.74 Å². The van der Waals surface area contributed by atoms with Crippen LogP contribution in [0, 0.1) is 6.92 Å². The lowest BCUT2D eigenvalue weighted by Crippen LogP contribution is -2.35. The molecule has 4 aromatic rings. The van der Waals surface area contributed by atoms with Crippen molar-refractivity contribution < 1.29 is 19.1 Å². The lowest BCUT2D eigenvalue weighted by atomic mass is 10.1. The molecule has 0 saturated heterocycles. The summed E-state index contributed by atoms with van der Waals surface area (Å²) in [6, 6.07) is 17.1. The van der Waals surface area contributed by atoms with E-state index in [1.54, 1.807) is 53.4 Å². The third-order valence-corrected chi connectivity index (χ3v) is 5.88. The highest BCUT2D eigenvalue weighted by Gasteiger charge is 2.26. The first-order chi connectivity index (χ1) is 17.0. The van der Waals surface area contributed by atoms with Gasteiger partial charge in [-0.1, -0.05) is 18.2 Å². The summed E-state index contributed by atoms with van der Waals surface area (Å²) in [7, 11) is 1.45. The number of H-pyrrole nitrogens is 1. The SMILES string of the molecule is COc1cc(C(=O)N2CCNC(=O)c3ccccc32)ccc1C(=O)Nc1cccc2[nH]c(C)nc12. The molecule has 3 amide bonds. The Balaban J connectivity index is 1.44. The largest absolute Gasteiger partial charge is 0.496 e. The van der Waals surface area contributed by atoms with Gasteiger partial charge in [-0.05, 0) is 49.4 Å². The van der Waals surface area contributed by atoms with E-state index >= 15 is 0 Å². The van der Waals surface area contributed by atoms with Gasteiger partial charge in [-0.15, -0.1) is 0 Å². The number of ether oxygens (including phenoxy) is 1. The lowest BCUT2D eigenvalue weighted by molar-refractivity contribution is 0.0953. The van der Waals surface area contributed by atoms with Gasteiger partial charge in [0.05, 0.1) is 35.1 Å². The van der Waals surface area contributed by atoms with Gasteiger partial charge in [0, 0.05) is 18.7 Å². The van der Waals surface area contributed by atoms with Gasteiger partial charge in [-0.25, -0.2) is 4.98 Å². The van der Waals surface area contributed by atoms with Gasteiger partial charge in [0.15, 0.2) is 0 Å². The first-order valence-corrected chi connectivity index (χ1v) is 11.1. The number of aromatic amines is 1. The van der Waals surface area contributed by atoms with Crippen molar-refractivity contribution in [2.75, 3.05) is 30.4 Å². The number of hydrogen-bond acceptors (Lipinski definition) is 5. The third kappa shape index (κ3) is 4.08. The van der Waals surface area contributed by atoms with Crippen LogP contribution in [0.15, 0.2) is 60.7 Å². The molecule has 1 aliphatic rings. The van der Waals surface area contributed by atoms with E-state index in [1.807, 2.05) is 19.1 Å². The normalized spacial score (nSPS) is 13.1. The van der Waals surface area contributed by atoms with Crippen molar-refractivity contribution >= 4 is 40.1 Å². The standard InChI is InChI=1S/C26H23N5O4/c1-15-28-19-7-5-8-20(23(19)29-15)30-25(33)18-11-10-16(14-22(18)35-2)26(34)31-13-12-27-24(32)17-6-3-4-9-21(17)31/h3-11,14H,12-13H2,1-2H3,(H,27,32)(H,28,29)(H,30,33). The zero-order valence-electron chi connectivity index (χ0n) is 19.2. The van der Waals surface area contributed by atoms with Crippen LogP contribution >= 0.6 is 0 Å². The number of methoxy groups -OCH3 is 1. The topological polar surface area (TPSA) is 116 Å². The molecule has 3 N–H and O–H groups in total. The quantitative estimate of drug-likeness (QED) is 0.423. The number of nitrogens with zero attached hydrogens (tertiary/aromatic N) is 2. The van der Waals surface area contributed by atoms with Gasteiger partial charge in [0.1, 0.15) is 17.1 Å². The Morgan fingerprint density at radius 3 is 2.74 bits per heavy atom. The molecule has 176 valence electrons. The number of rotatable bonds is 4. The summed E-state index contributed by atoms with van der Waals surface area (Å²) in [6.45, 7) is 2.49. The number of amides is 3. The molecule has 3 aromatic carbocycles. The van der Waals surface area contributed by atoms with Crippen LogP contribution in [0.5, 0.6) is 5.75 Å². The predicted octanol–water partition coefficient (Wildman–Crippen LogP) is 3.52. The van der Waals surface area contributed by atoms with Crippen LogP contribution in [0.25, 0.3) is 11.0 Å². The second-order valence-corrected chi connectivity index (χ2v) is 8.12. The number of nitrogens with one attached hydrogen (secondary N) is 3. The number of para-hydroxylation sites is 2. The molecule has 9 heteroatoms. The van der Waals surface area contributed by atoms with E-state index < -0.39 is 0 Å². The van der Waals surface area contributed by atoms with Crippen LogP contribution in [-0.4, -0.2) is 47.9 Å². The molecule has 0 aliphatic carbocycles. The van der Waals surface area contributed by atoms with Crippen molar-refractivity contribution in [2.24, 2.45) is 0 Å². The molecule has 0 unspecified atom stereocenters. The predicted molar refractivity (Wildman–Crippen MR) is 132 cm³/mol. The van der Waals surface area contributed by atoms with Crippen molar-refractivity contribution in [3.05, 3.63) is 83.2 Å². The summed E-state index contributed by atoms with van der Waals surface area (Å²) >= 11 is 0. The Morgan fingerprint density at radius 2 is 1.91 bits per heavy atom. The summed E-state index contributed by atoms with van der Waals surface area (Å²) in [6.07, 6.45) is 0. The smallest absolute Gasteiger partial charge is 0.259 e. The fourth-order valence-electron chi connectivity index (χ4n) is 4.22. The highest BCUT2D eigenvalue weighted by atomic mass is 16.5. The van der Waals surface area contributed by atoms with E-state index in [9.17, 15) is 14.4 Å². The van der Waals surface area contributed by atoms with Gasteiger partial charge < -0.3 is 25.3 Å². The lowest BCUT2D eigenvalue weighted by Gasteiger charge is -2.22. The van der Waals surface area contributed by atoms with E-state index in [0.717, 1.165) is 11.3 Å². The highest BCUT2D eigenvalue weighted by molar-refractivity contribution is 6.13. The van der Waals surface area contributed by atoms with Crippen LogP contribution in [0.1, 0.15) is 36.9 Å². The average molecular weight is 470 g/mol. The molecule has 0 fully saturated rings. The number of fused-ring (bicyclic) bond motifs is 2. The second-order valence-electron chi connectivity index (χ2n) is 8.12. The van der Waals surface area contributed by atoms with Gasteiger partial charge in [-0.2, -0.15) is 0 Å². The molecule has 0 atom stereocenters. The summed E-state index contributed by atoms with van der Waals surface area (Å²) in [5.41, 5.74) is 3.64. The maximum atomic E-state index is 13.4. The maximum absolute atomic E-state index is 13.4. The number of benzene rings is 3. The number of hydrogen-bond donors (Lipinski definition) is 3. The molecule has 5 rings (SSSR count). The number of aryl methyl sites for hydroxylation is 1. The molecule has 0 spiro atoms. The molecule has 1 aromatic heterocycles. The average Bonchev–Trinajstić information content (AvgIpc) is 3.18. The Bertz CT molecular complexity index is 1480. The summed E-state index contributed by atoms with van der Waals surface area (Å²) < 4.78 is 5.47. The molecular weight excluding hydrogens is 446 g/mol. The van der Waals surface area contributed by atoms with Gasteiger partial charge in [0.25, 0.3) is 17.7 Å². The molecule has 2 heterocycles. The summed E-state index contributed by atoms with van der Waals surface area (Å²) in [4.78, 5) is 48.0. The van der Waals surface area contributed by atoms with Crippen LogP contribution < -0.4 is 20.3 Å². The summed E-state index contributed by atoms with van der Waals surface area (Å²) in [5, 5.41) is 5.69. The van der Waals surface area contributed by atoms with Crippen LogP contribution in [0.2, 0.25) is 0 Å². The fourth-order valence-corrected chi connectivity index (χ4v) is 4.22. The van der Waals surface area contributed by atoms with E-state index in [0.29, 0.717) is 41.1 Å². The Kier molecular flexibility index (Phi) is 5.66. The third-order valence-electron chi connectivity index (χ3n) is 5.88. The monoisotopic (exact) mass is 469 g/mol. The van der Waals surface area contributed by atoms with Gasteiger partial charge >= 0.3 is 0 Å². The van der Waals surface area contributed by atoms with Crippen LogP contribution in [-0.2, 0) is 0 Å². The Labute approximate surface area is 201 Å². The number of carbonyl (C=O) groups excluding carboxylic acids is 3. The zero-order valence-corrected chi connectivity index (χ0v) is 19.2. The minimum absolute atomic E-state index is 0.220. The molecular formula is C26H23N5O4. The highest BCUT2D eigenvalue weighted by Crippen LogP contribution is 2.28. The first-order valence-electron chi connectivity index (χ1n) is 11.1. The number of aromatic nitrogens is 2. The second kappa shape index (κ2) is 8.94. The van der Waals surface area contributed by atoms with Crippen LogP contribution in [0.4, 0.5) is 11.4 Å². The molecule has 0 saturated carbocycles. The zero-order chi connectivity index (χ0) is 24.5. The van der Waals surface area contributed by atoms with Crippen molar-refractivity contribution in [1.29, 1.82) is 0 Å². The maximum Gasteiger partial charge on any atom is 0.259 e. The van der Waals surface area contributed by atoms with Gasteiger partial charge in [0.2, 0.25) is 0 Å². The van der Waals surface area contributed by atoms with Gasteiger partial charge in [-0.3, -0.25) is 14.4 Å². The minimum Gasteiger partial charge on any atom is -0.496 e. The first kappa shape index (κ1) is 22.1. The van der Waals surface area contributed by atoms with E-state index in [-0.39, 0.29) is 29.0 Å². The molecule has 1 aliphatic heterocycles. The van der Waals surface area contributed by atoms with Crippen molar-refractivity contribution in [2.45, 2.75) is 6.92 Å². The van der Waals surface area contributed by atoms with Crippen molar-refractivity contribution in [3.8, 4) is 5.75 Å². The fraction of sp³-hybridized carbons (Fsp3) is 0.154. The van der Waals surface area contributed by atoms with Crippen molar-refractivity contribution in [3.63, 3.8) is 0 Å². The number of imidazole rings is 1. The Morgan fingerprint density at radius 1 is 1.09 bits per heavy atom. The number of anilines is 2. The molecule has 0 radical (unpaired) electrons. The Hall–Kier alpha value is -4.66.